The summed E-state index contributed by atoms with van der Waals surface area (Å²) in [6, 6.07) is 5.69. The highest BCUT2D eigenvalue weighted by Crippen LogP contribution is 2.43. The maximum Gasteiger partial charge on any atom is 0.125 e. The molecule has 0 amide bonds. The predicted octanol–water partition coefficient (Wildman–Crippen LogP) is 3.11. The normalized spacial score (nSPS) is 27.3. The van der Waals surface area contributed by atoms with Crippen LogP contribution in [0, 0.1) is 5.82 Å². The van der Waals surface area contributed by atoms with Gasteiger partial charge in [0.05, 0.1) is 11.0 Å². The van der Waals surface area contributed by atoms with E-state index in [4.69, 9.17) is 10.7 Å². The smallest absolute Gasteiger partial charge is 0.125 e. The Labute approximate surface area is 111 Å². The van der Waals surface area contributed by atoms with Gasteiger partial charge in [-0.2, -0.15) is 0 Å². The Morgan fingerprint density at radius 3 is 2.74 bits per heavy atom. The van der Waals surface area contributed by atoms with Crippen LogP contribution in [0.5, 0.6) is 0 Å². The third kappa shape index (κ3) is 1.77. The highest BCUT2D eigenvalue weighted by atomic mass is 19.1. The molecule has 0 bridgehead atoms. The Kier molecular flexibility index (Phi) is 2.42. The molecule has 2 aliphatic carbocycles. The van der Waals surface area contributed by atoms with Crippen molar-refractivity contribution in [1.29, 1.82) is 0 Å². The number of aromatic nitrogens is 2. The van der Waals surface area contributed by atoms with Gasteiger partial charge in [0.1, 0.15) is 11.6 Å². The number of hydrogen-bond donors (Lipinski definition) is 1. The molecule has 100 valence electrons. The van der Waals surface area contributed by atoms with Crippen LogP contribution in [-0.4, -0.2) is 15.6 Å². The molecule has 2 fully saturated rings. The number of imidazole rings is 1. The molecule has 0 radical (unpaired) electrons. The Bertz CT molecular complexity index is 630. The summed E-state index contributed by atoms with van der Waals surface area (Å²) in [6.45, 7) is 0. The zero-order chi connectivity index (χ0) is 13.0. The number of fused-ring (bicyclic) bond motifs is 1. The zero-order valence-electron chi connectivity index (χ0n) is 10.8. The van der Waals surface area contributed by atoms with Gasteiger partial charge < -0.3 is 10.3 Å². The SMILES string of the molecule is NC1CCCC1c1nc2cc(F)ccc2n1C1CC1. The van der Waals surface area contributed by atoms with Crippen molar-refractivity contribution in [3.63, 3.8) is 0 Å². The van der Waals surface area contributed by atoms with Crippen LogP contribution in [0.3, 0.4) is 0 Å². The van der Waals surface area contributed by atoms with Crippen LogP contribution < -0.4 is 5.73 Å². The summed E-state index contributed by atoms with van der Waals surface area (Å²) in [5, 5.41) is 0. The van der Waals surface area contributed by atoms with E-state index in [1.165, 1.54) is 31.4 Å². The molecule has 2 aromatic rings. The van der Waals surface area contributed by atoms with Crippen molar-refractivity contribution in [1.82, 2.24) is 9.55 Å². The standard InChI is InChI=1S/C15H18FN3/c16-9-4-7-14-13(8-9)18-15(19(14)10-5-6-10)11-2-1-3-12(11)17/h4,7-8,10-12H,1-3,5-6,17H2. The summed E-state index contributed by atoms with van der Waals surface area (Å²) in [7, 11) is 0. The van der Waals surface area contributed by atoms with Crippen molar-refractivity contribution in [2.45, 2.75) is 50.1 Å². The topological polar surface area (TPSA) is 43.8 Å². The van der Waals surface area contributed by atoms with Gasteiger partial charge in [-0.15, -0.1) is 0 Å². The van der Waals surface area contributed by atoms with E-state index in [0.717, 1.165) is 29.7 Å². The molecule has 2 saturated carbocycles. The Morgan fingerprint density at radius 1 is 1.21 bits per heavy atom. The lowest BCUT2D eigenvalue weighted by molar-refractivity contribution is 0.546. The van der Waals surface area contributed by atoms with Crippen LogP contribution in [-0.2, 0) is 0 Å². The lowest BCUT2D eigenvalue weighted by atomic mass is 10.0. The van der Waals surface area contributed by atoms with Gasteiger partial charge in [-0.05, 0) is 37.8 Å². The summed E-state index contributed by atoms with van der Waals surface area (Å²) in [5.41, 5.74) is 8.07. The maximum atomic E-state index is 13.4. The first-order chi connectivity index (χ1) is 9.24. The second-order valence-electron chi connectivity index (χ2n) is 5.91. The summed E-state index contributed by atoms with van der Waals surface area (Å²) in [5.74, 6) is 1.22. The van der Waals surface area contributed by atoms with E-state index in [1.807, 2.05) is 6.07 Å². The molecular formula is C15H18FN3. The van der Waals surface area contributed by atoms with E-state index >= 15 is 0 Å². The average Bonchev–Trinajstić information content (AvgIpc) is 3.03. The molecule has 3 nitrogen and oxygen atoms in total. The number of rotatable bonds is 2. The molecule has 4 rings (SSSR count). The highest BCUT2D eigenvalue weighted by molar-refractivity contribution is 5.76. The minimum Gasteiger partial charge on any atom is -0.327 e. The fourth-order valence-corrected chi connectivity index (χ4v) is 3.38. The van der Waals surface area contributed by atoms with Crippen LogP contribution >= 0.6 is 0 Å². The number of benzene rings is 1. The monoisotopic (exact) mass is 259 g/mol. The first kappa shape index (κ1) is 11.4. The van der Waals surface area contributed by atoms with Crippen molar-refractivity contribution in [3.8, 4) is 0 Å². The molecular weight excluding hydrogens is 241 g/mol. The third-order valence-electron chi connectivity index (χ3n) is 4.49. The second kappa shape index (κ2) is 4.04. The van der Waals surface area contributed by atoms with Crippen LogP contribution in [0.4, 0.5) is 4.39 Å². The fraction of sp³-hybridized carbons (Fsp3) is 0.533. The maximum absolute atomic E-state index is 13.4. The predicted molar refractivity (Wildman–Crippen MR) is 72.5 cm³/mol. The van der Waals surface area contributed by atoms with Gasteiger partial charge in [0.25, 0.3) is 0 Å². The molecule has 0 saturated heterocycles. The second-order valence-corrected chi connectivity index (χ2v) is 5.91. The lowest BCUT2D eigenvalue weighted by Gasteiger charge is -2.17. The van der Waals surface area contributed by atoms with Crippen LogP contribution in [0.15, 0.2) is 18.2 Å². The van der Waals surface area contributed by atoms with E-state index in [-0.39, 0.29) is 11.9 Å². The van der Waals surface area contributed by atoms with Crippen LogP contribution in [0.2, 0.25) is 0 Å². The largest absolute Gasteiger partial charge is 0.327 e. The molecule has 4 heteroatoms. The summed E-state index contributed by atoms with van der Waals surface area (Å²) in [6.07, 6.45) is 5.77. The van der Waals surface area contributed by atoms with Gasteiger partial charge in [-0.3, -0.25) is 0 Å². The first-order valence-corrected chi connectivity index (χ1v) is 7.17. The minimum absolute atomic E-state index is 0.208. The Balaban J connectivity index is 1.91. The Hall–Kier alpha value is -1.42. The van der Waals surface area contributed by atoms with Crippen LogP contribution in [0.1, 0.15) is 49.9 Å². The quantitative estimate of drug-likeness (QED) is 0.900. The average molecular weight is 259 g/mol. The minimum atomic E-state index is -0.213. The molecule has 2 atom stereocenters. The van der Waals surface area contributed by atoms with Gasteiger partial charge in [0.15, 0.2) is 0 Å². The molecule has 2 aliphatic rings. The molecule has 0 spiro atoms. The fourth-order valence-electron chi connectivity index (χ4n) is 3.38. The Morgan fingerprint density at radius 2 is 2.05 bits per heavy atom. The molecule has 2 unspecified atom stereocenters. The van der Waals surface area contributed by atoms with Gasteiger partial charge in [-0.25, -0.2) is 9.37 Å². The molecule has 19 heavy (non-hydrogen) atoms. The van der Waals surface area contributed by atoms with Crippen molar-refractivity contribution in [3.05, 3.63) is 29.8 Å². The van der Waals surface area contributed by atoms with Crippen molar-refractivity contribution >= 4 is 11.0 Å². The van der Waals surface area contributed by atoms with Crippen molar-refractivity contribution in [2.24, 2.45) is 5.73 Å². The van der Waals surface area contributed by atoms with E-state index < -0.39 is 0 Å². The van der Waals surface area contributed by atoms with E-state index in [0.29, 0.717) is 12.0 Å². The summed E-state index contributed by atoms with van der Waals surface area (Å²) < 4.78 is 15.7. The number of nitrogens with zero attached hydrogens (tertiary/aromatic N) is 2. The van der Waals surface area contributed by atoms with Crippen LogP contribution in [0.25, 0.3) is 11.0 Å². The first-order valence-electron chi connectivity index (χ1n) is 7.17. The summed E-state index contributed by atoms with van der Waals surface area (Å²) in [4.78, 5) is 4.71. The molecule has 1 aromatic heterocycles. The molecule has 0 aliphatic heterocycles. The lowest BCUT2D eigenvalue weighted by Crippen LogP contribution is -2.25. The van der Waals surface area contributed by atoms with Crippen molar-refractivity contribution < 1.29 is 4.39 Å². The van der Waals surface area contributed by atoms with Crippen molar-refractivity contribution in [2.75, 3.05) is 0 Å². The third-order valence-corrected chi connectivity index (χ3v) is 4.49. The van der Waals surface area contributed by atoms with E-state index in [9.17, 15) is 4.39 Å². The van der Waals surface area contributed by atoms with Gasteiger partial charge >= 0.3 is 0 Å². The van der Waals surface area contributed by atoms with E-state index in [1.54, 1.807) is 0 Å². The number of nitrogens with two attached hydrogens (primary N) is 1. The highest BCUT2D eigenvalue weighted by Gasteiger charge is 2.35. The van der Waals surface area contributed by atoms with Gasteiger partial charge in [0.2, 0.25) is 0 Å². The summed E-state index contributed by atoms with van der Waals surface area (Å²) >= 11 is 0. The molecule has 1 aromatic carbocycles. The molecule has 2 N–H and O–H groups in total. The number of hydrogen-bond acceptors (Lipinski definition) is 2. The van der Waals surface area contributed by atoms with Gasteiger partial charge in [0, 0.05) is 24.1 Å². The number of halogens is 1. The van der Waals surface area contributed by atoms with E-state index in [2.05, 4.69) is 4.57 Å². The molecule has 1 heterocycles. The van der Waals surface area contributed by atoms with Gasteiger partial charge in [-0.1, -0.05) is 6.42 Å². The zero-order valence-corrected chi connectivity index (χ0v) is 10.8.